The molecule has 0 radical (unpaired) electrons. The molecular weight excluding hydrogens is 164 g/mol. The molecule has 0 amide bonds. The maximum Gasteiger partial charge on any atom is 0.211 e. The lowest BCUT2D eigenvalue weighted by Crippen LogP contribution is -2.31. The van der Waals surface area contributed by atoms with E-state index in [4.69, 9.17) is 4.43 Å². The fourth-order valence-electron chi connectivity index (χ4n) is 1.19. The Morgan fingerprint density at radius 2 is 2.08 bits per heavy atom. The average molecular weight is 178 g/mol. The van der Waals surface area contributed by atoms with Crippen molar-refractivity contribution in [1.29, 1.82) is 0 Å². The summed E-state index contributed by atoms with van der Waals surface area (Å²) in [5.41, 5.74) is 0. The molecule has 12 heavy (non-hydrogen) atoms. The largest absolute Gasteiger partial charge is 0.418 e. The molecule has 0 heterocycles. The summed E-state index contributed by atoms with van der Waals surface area (Å²) in [4.78, 5) is 0. The van der Waals surface area contributed by atoms with Crippen molar-refractivity contribution < 1.29 is 4.43 Å². The summed E-state index contributed by atoms with van der Waals surface area (Å²) < 4.78 is 5.44. The highest BCUT2D eigenvalue weighted by molar-refractivity contribution is 6.67. The molecule has 0 aromatic heterocycles. The van der Waals surface area contributed by atoms with E-state index in [0.29, 0.717) is 0 Å². The first-order chi connectivity index (χ1) is 5.88. The SMILES string of the molecule is C=CC[SiH](OC)c1ccccc1. The highest BCUT2D eigenvalue weighted by Crippen LogP contribution is 1.95. The van der Waals surface area contributed by atoms with Crippen LogP contribution in [0.4, 0.5) is 0 Å². The van der Waals surface area contributed by atoms with E-state index in [-0.39, 0.29) is 0 Å². The molecule has 0 spiro atoms. The van der Waals surface area contributed by atoms with Gasteiger partial charge in [-0.3, -0.25) is 0 Å². The van der Waals surface area contributed by atoms with Gasteiger partial charge in [0.15, 0.2) is 0 Å². The van der Waals surface area contributed by atoms with E-state index in [1.54, 1.807) is 7.11 Å². The van der Waals surface area contributed by atoms with Crippen LogP contribution in [0, 0.1) is 0 Å². The summed E-state index contributed by atoms with van der Waals surface area (Å²) in [6.45, 7) is 3.73. The summed E-state index contributed by atoms with van der Waals surface area (Å²) in [7, 11) is 0.596. The van der Waals surface area contributed by atoms with Crippen molar-refractivity contribution in [1.82, 2.24) is 0 Å². The van der Waals surface area contributed by atoms with Gasteiger partial charge in [-0.15, -0.1) is 6.58 Å². The Labute approximate surface area is 75.4 Å². The average Bonchev–Trinajstić information content (AvgIpc) is 2.15. The Bertz CT molecular complexity index is 233. The molecule has 1 unspecified atom stereocenters. The van der Waals surface area contributed by atoms with E-state index in [2.05, 4.69) is 30.8 Å². The third-order valence-corrected chi connectivity index (χ3v) is 4.30. The Morgan fingerprint density at radius 1 is 1.42 bits per heavy atom. The fourth-order valence-corrected chi connectivity index (χ4v) is 2.88. The highest BCUT2D eigenvalue weighted by Gasteiger charge is 2.09. The van der Waals surface area contributed by atoms with Crippen LogP contribution >= 0.6 is 0 Å². The van der Waals surface area contributed by atoms with E-state index in [0.717, 1.165) is 6.04 Å². The Morgan fingerprint density at radius 3 is 2.58 bits per heavy atom. The summed E-state index contributed by atoms with van der Waals surface area (Å²) in [6, 6.07) is 11.4. The van der Waals surface area contributed by atoms with Crippen molar-refractivity contribution in [3.63, 3.8) is 0 Å². The minimum atomic E-state index is -1.19. The lowest BCUT2D eigenvalue weighted by molar-refractivity contribution is 0.431. The third-order valence-electron chi connectivity index (χ3n) is 1.84. The van der Waals surface area contributed by atoms with Crippen LogP contribution in [-0.2, 0) is 4.43 Å². The molecule has 0 N–H and O–H groups in total. The maximum atomic E-state index is 5.44. The lowest BCUT2D eigenvalue weighted by atomic mass is 10.4. The van der Waals surface area contributed by atoms with Crippen LogP contribution in [0.3, 0.4) is 0 Å². The number of benzene rings is 1. The topological polar surface area (TPSA) is 9.23 Å². The Kier molecular flexibility index (Phi) is 3.77. The first-order valence-electron chi connectivity index (χ1n) is 4.07. The van der Waals surface area contributed by atoms with Gasteiger partial charge < -0.3 is 4.43 Å². The standard InChI is InChI=1S/C10H14OSi/c1-3-9-12(11-2)10-7-5-4-6-8-10/h3-8,12H,1,9H2,2H3. The molecule has 0 aliphatic carbocycles. The molecule has 0 aliphatic rings. The minimum Gasteiger partial charge on any atom is -0.418 e. The van der Waals surface area contributed by atoms with E-state index < -0.39 is 9.04 Å². The first-order valence-corrected chi connectivity index (χ1v) is 5.93. The number of hydrogen-bond acceptors (Lipinski definition) is 1. The molecule has 1 nitrogen and oxygen atoms in total. The van der Waals surface area contributed by atoms with Gasteiger partial charge in [0.25, 0.3) is 0 Å². The third kappa shape index (κ3) is 2.32. The normalized spacial score (nSPS) is 12.4. The zero-order valence-electron chi connectivity index (χ0n) is 7.36. The van der Waals surface area contributed by atoms with Crippen molar-refractivity contribution in [3.8, 4) is 0 Å². The zero-order valence-corrected chi connectivity index (χ0v) is 8.52. The van der Waals surface area contributed by atoms with Gasteiger partial charge in [0.1, 0.15) is 0 Å². The Balaban J connectivity index is 2.72. The smallest absolute Gasteiger partial charge is 0.211 e. The van der Waals surface area contributed by atoms with Gasteiger partial charge in [-0.25, -0.2) is 0 Å². The van der Waals surface area contributed by atoms with Crippen LogP contribution in [0.2, 0.25) is 6.04 Å². The van der Waals surface area contributed by atoms with Crippen LogP contribution in [0.25, 0.3) is 0 Å². The number of allylic oxidation sites excluding steroid dienone is 1. The van der Waals surface area contributed by atoms with Crippen molar-refractivity contribution >= 4 is 14.2 Å². The van der Waals surface area contributed by atoms with Gasteiger partial charge in [-0.1, -0.05) is 36.4 Å². The zero-order chi connectivity index (χ0) is 8.81. The molecule has 1 rings (SSSR count). The van der Waals surface area contributed by atoms with Gasteiger partial charge in [0, 0.05) is 7.11 Å². The molecule has 1 aromatic carbocycles. The lowest BCUT2D eigenvalue weighted by Gasteiger charge is -2.10. The van der Waals surface area contributed by atoms with Crippen molar-refractivity contribution in [2.45, 2.75) is 6.04 Å². The van der Waals surface area contributed by atoms with Gasteiger partial charge in [0.05, 0.1) is 0 Å². The summed E-state index contributed by atoms with van der Waals surface area (Å²) >= 11 is 0. The van der Waals surface area contributed by atoms with E-state index in [9.17, 15) is 0 Å². The fraction of sp³-hybridized carbons (Fsp3) is 0.200. The Hall–Kier alpha value is -0.863. The molecular formula is C10H14OSi. The number of rotatable bonds is 4. The molecule has 0 bridgehead atoms. The van der Waals surface area contributed by atoms with Gasteiger partial charge in [-0.2, -0.15) is 0 Å². The predicted octanol–water partition coefficient (Wildman–Crippen LogP) is 1.45. The summed E-state index contributed by atoms with van der Waals surface area (Å²) in [5.74, 6) is 0. The second-order valence-electron chi connectivity index (χ2n) is 2.66. The summed E-state index contributed by atoms with van der Waals surface area (Å²) in [6.07, 6.45) is 1.94. The highest BCUT2D eigenvalue weighted by atomic mass is 28.3. The quantitative estimate of drug-likeness (QED) is 0.501. The van der Waals surface area contributed by atoms with Crippen LogP contribution in [-0.4, -0.2) is 16.2 Å². The molecule has 0 aliphatic heterocycles. The van der Waals surface area contributed by atoms with Crippen LogP contribution < -0.4 is 5.19 Å². The van der Waals surface area contributed by atoms with Crippen molar-refractivity contribution in [2.75, 3.05) is 7.11 Å². The monoisotopic (exact) mass is 178 g/mol. The predicted molar refractivity (Wildman–Crippen MR) is 55.2 cm³/mol. The van der Waals surface area contributed by atoms with E-state index >= 15 is 0 Å². The molecule has 0 saturated carbocycles. The van der Waals surface area contributed by atoms with E-state index in [1.807, 2.05) is 12.1 Å². The molecule has 2 heteroatoms. The molecule has 64 valence electrons. The van der Waals surface area contributed by atoms with Gasteiger partial charge >= 0.3 is 0 Å². The second kappa shape index (κ2) is 4.90. The van der Waals surface area contributed by atoms with Crippen molar-refractivity contribution in [3.05, 3.63) is 43.0 Å². The molecule has 0 fully saturated rings. The van der Waals surface area contributed by atoms with E-state index in [1.165, 1.54) is 5.19 Å². The minimum absolute atomic E-state index is 1.00. The molecule has 1 atom stereocenters. The molecule has 1 aromatic rings. The van der Waals surface area contributed by atoms with Crippen LogP contribution in [0.15, 0.2) is 43.0 Å². The van der Waals surface area contributed by atoms with Crippen LogP contribution in [0.1, 0.15) is 0 Å². The first kappa shape index (κ1) is 9.23. The molecule has 0 saturated heterocycles. The van der Waals surface area contributed by atoms with Crippen LogP contribution in [0.5, 0.6) is 0 Å². The number of hydrogen-bond donors (Lipinski definition) is 0. The summed E-state index contributed by atoms with van der Waals surface area (Å²) in [5, 5.41) is 1.35. The van der Waals surface area contributed by atoms with Gasteiger partial charge in [0.2, 0.25) is 9.04 Å². The van der Waals surface area contributed by atoms with Crippen molar-refractivity contribution in [2.24, 2.45) is 0 Å². The maximum absolute atomic E-state index is 5.44. The second-order valence-corrected chi connectivity index (χ2v) is 5.25. The van der Waals surface area contributed by atoms with Gasteiger partial charge in [-0.05, 0) is 11.2 Å².